The third kappa shape index (κ3) is 3.86. The Labute approximate surface area is 155 Å². The zero-order chi connectivity index (χ0) is 18.7. The summed E-state index contributed by atoms with van der Waals surface area (Å²) in [5.74, 6) is -1.44. The van der Waals surface area contributed by atoms with Crippen LogP contribution in [0.15, 0.2) is 42.5 Å². The molecule has 0 bridgehead atoms. The van der Waals surface area contributed by atoms with Gasteiger partial charge in [0, 0.05) is 17.1 Å². The monoisotopic (exact) mass is 373 g/mol. The lowest BCUT2D eigenvalue weighted by Gasteiger charge is -2.24. The largest absolute Gasteiger partial charge is 0.462 e. The van der Waals surface area contributed by atoms with E-state index in [0.29, 0.717) is 27.4 Å². The average molecular weight is 374 g/mol. The first kappa shape index (κ1) is 17.9. The number of anilines is 1. The van der Waals surface area contributed by atoms with E-state index in [1.807, 2.05) is 0 Å². The molecule has 26 heavy (non-hydrogen) atoms. The van der Waals surface area contributed by atoms with Gasteiger partial charge in [0.2, 0.25) is 0 Å². The molecule has 134 valence electrons. The molecule has 1 N–H and O–H groups in total. The molecule has 3 rings (SSSR count). The van der Waals surface area contributed by atoms with Gasteiger partial charge in [0.15, 0.2) is 6.10 Å². The summed E-state index contributed by atoms with van der Waals surface area (Å²) in [5.41, 5.74) is 1.96. The minimum Gasteiger partial charge on any atom is -0.462 e. The number of hydrogen-bond donors (Lipinski definition) is 1. The van der Waals surface area contributed by atoms with Crippen molar-refractivity contribution in [3.8, 4) is 0 Å². The minimum absolute atomic E-state index is 0.244. The van der Waals surface area contributed by atoms with E-state index in [2.05, 4.69) is 5.32 Å². The molecule has 0 radical (unpaired) electrons. The Bertz CT molecular complexity index is 863. The Morgan fingerprint density at radius 2 is 1.96 bits per heavy atom. The number of hydrogen-bond acceptors (Lipinski definition) is 5. The lowest BCUT2D eigenvalue weighted by molar-refractivity contribution is -0.125. The van der Waals surface area contributed by atoms with E-state index in [-0.39, 0.29) is 13.0 Å². The van der Waals surface area contributed by atoms with Gasteiger partial charge in [-0.2, -0.15) is 0 Å². The molecule has 1 aliphatic heterocycles. The van der Waals surface area contributed by atoms with Crippen molar-refractivity contribution in [1.29, 1.82) is 0 Å². The second-order valence-electron chi connectivity index (χ2n) is 5.69. The van der Waals surface area contributed by atoms with Gasteiger partial charge in [-0.25, -0.2) is 9.59 Å². The van der Waals surface area contributed by atoms with Gasteiger partial charge < -0.3 is 14.8 Å². The molecular formula is C19H16ClNO5. The SMILES string of the molecule is CCOC(=O)c1ccc(NC(=O)C2Cc3cc(Cl)ccc3C(=O)O2)cc1. The van der Waals surface area contributed by atoms with Crippen LogP contribution in [0.25, 0.3) is 0 Å². The van der Waals surface area contributed by atoms with E-state index in [0.717, 1.165) is 0 Å². The van der Waals surface area contributed by atoms with Crippen molar-refractivity contribution < 1.29 is 23.9 Å². The first-order chi connectivity index (χ1) is 12.5. The highest BCUT2D eigenvalue weighted by Gasteiger charge is 2.31. The van der Waals surface area contributed by atoms with Gasteiger partial charge in [0.05, 0.1) is 17.7 Å². The third-order valence-electron chi connectivity index (χ3n) is 3.90. The molecule has 1 aliphatic rings. The van der Waals surface area contributed by atoms with Crippen molar-refractivity contribution in [3.05, 3.63) is 64.2 Å². The summed E-state index contributed by atoms with van der Waals surface area (Å²) in [6.45, 7) is 2.01. The van der Waals surface area contributed by atoms with Gasteiger partial charge in [-0.05, 0) is 55.0 Å². The standard InChI is InChI=1S/C19H16ClNO5/c1-2-25-18(23)11-3-6-14(7-4-11)21-17(22)16-10-12-9-13(20)5-8-15(12)19(24)26-16/h3-9,16H,2,10H2,1H3,(H,21,22). The molecule has 0 saturated heterocycles. The van der Waals surface area contributed by atoms with E-state index in [4.69, 9.17) is 21.1 Å². The van der Waals surface area contributed by atoms with Crippen LogP contribution in [-0.2, 0) is 20.7 Å². The number of cyclic esters (lactones) is 1. The van der Waals surface area contributed by atoms with Crippen molar-refractivity contribution in [2.45, 2.75) is 19.4 Å². The van der Waals surface area contributed by atoms with Gasteiger partial charge in [-0.3, -0.25) is 4.79 Å². The molecule has 0 saturated carbocycles. The summed E-state index contributed by atoms with van der Waals surface area (Å²) in [4.78, 5) is 36.1. The van der Waals surface area contributed by atoms with E-state index < -0.39 is 23.9 Å². The average Bonchev–Trinajstić information content (AvgIpc) is 2.62. The predicted molar refractivity (Wildman–Crippen MR) is 95.4 cm³/mol. The minimum atomic E-state index is -0.946. The van der Waals surface area contributed by atoms with Gasteiger partial charge >= 0.3 is 11.9 Å². The van der Waals surface area contributed by atoms with Crippen molar-refractivity contribution in [2.75, 3.05) is 11.9 Å². The number of benzene rings is 2. The van der Waals surface area contributed by atoms with Crippen LogP contribution < -0.4 is 5.32 Å². The summed E-state index contributed by atoms with van der Waals surface area (Å²) >= 11 is 5.95. The molecule has 1 heterocycles. The molecule has 0 aromatic heterocycles. The van der Waals surface area contributed by atoms with Gasteiger partial charge in [-0.1, -0.05) is 11.6 Å². The fraction of sp³-hybridized carbons (Fsp3) is 0.211. The molecule has 0 fully saturated rings. The van der Waals surface area contributed by atoms with Crippen molar-refractivity contribution >= 4 is 35.1 Å². The Balaban J connectivity index is 1.69. The van der Waals surface area contributed by atoms with Crippen molar-refractivity contribution in [1.82, 2.24) is 0 Å². The Kier molecular flexibility index (Phi) is 5.23. The molecule has 1 amide bonds. The number of esters is 2. The summed E-state index contributed by atoms with van der Waals surface area (Å²) in [7, 11) is 0. The molecule has 7 heteroatoms. The normalized spacial score (nSPS) is 15.6. The number of rotatable bonds is 4. The highest BCUT2D eigenvalue weighted by Crippen LogP contribution is 2.25. The summed E-state index contributed by atoms with van der Waals surface area (Å²) in [6.07, 6.45) is -0.702. The first-order valence-electron chi connectivity index (χ1n) is 8.05. The zero-order valence-electron chi connectivity index (χ0n) is 14.0. The van der Waals surface area contributed by atoms with Crippen molar-refractivity contribution in [2.24, 2.45) is 0 Å². The second-order valence-corrected chi connectivity index (χ2v) is 6.12. The lowest BCUT2D eigenvalue weighted by atomic mass is 9.98. The van der Waals surface area contributed by atoms with E-state index in [9.17, 15) is 14.4 Å². The maximum absolute atomic E-state index is 12.4. The number of ether oxygens (including phenoxy) is 2. The maximum atomic E-state index is 12.4. The fourth-order valence-electron chi connectivity index (χ4n) is 2.64. The fourth-order valence-corrected chi connectivity index (χ4v) is 2.83. The van der Waals surface area contributed by atoms with Gasteiger partial charge in [-0.15, -0.1) is 0 Å². The molecule has 0 spiro atoms. The number of nitrogens with one attached hydrogen (secondary N) is 1. The number of amides is 1. The number of carbonyl (C=O) groups excluding carboxylic acids is 3. The van der Waals surface area contributed by atoms with Gasteiger partial charge in [0.1, 0.15) is 0 Å². The highest BCUT2D eigenvalue weighted by atomic mass is 35.5. The van der Waals surface area contributed by atoms with Crippen LogP contribution in [0.3, 0.4) is 0 Å². The highest BCUT2D eigenvalue weighted by molar-refractivity contribution is 6.30. The van der Waals surface area contributed by atoms with Crippen LogP contribution >= 0.6 is 11.6 Å². The Morgan fingerprint density at radius 3 is 2.65 bits per heavy atom. The summed E-state index contributed by atoms with van der Waals surface area (Å²) < 4.78 is 10.1. The predicted octanol–water partition coefficient (Wildman–Crippen LogP) is 3.24. The molecule has 1 unspecified atom stereocenters. The third-order valence-corrected chi connectivity index (χ3v) is 4.13. The van der Waals surface area contributed by atoms with Crippen LogP contribution in [0.2, 0.25) is 5.02 Å². The molecular weight excluding hydrogens is 358 g/mol. The maximum Gasteiger partial charge on any atom is 0.339 e. The smallest absolute Gasteiger partial charge is 0.339 e. The number of carbonyl (C=O) groups is 3. The van der Waals surface area contributed by atoms with Crippen LogP contribution in [0.4, 0.5) is 5.69 Å². The number of halogens is 1. The summed E-state index contributed by atoms with van der Waals surface area (Å²) in [5, 5.41) is 3.17. The van der Waals surface area contributed by atoms with E-state index in [1.54, 1.807) is 49.4 Å². The zero-order valence-corrected chi connectivity index (χ0v) is 14.7. The van der Waals surface area contributed by atoms with E-state index >= 15 is 0 Å². The summed E-state index contributed by atoms with van der Waals surface area (Å²) in [6, 6.07) is 11.1. The quantitative estimate of drug-likeness (QED) is 0.832. The van der Waals surface area contributed by atoms with Gasteiger partial charge in [0.25, 0.3) is 5.91 Å². The molecule has 1 atom stereocenters. The van der Waals surface area contributed by atoms with Crippen LogP contribution in [0.5, 0.6) is 0 Å². The molecule has 0 aliphatic carbocycles. The van der Waals surface area contributed by atoms with E-state index in [1.165, 1.54) is 0 Å². The molecule has 2 aromatic carbocycles. The molecule has 2 aromatic rings. The molecule has 6 nitrogen and oxygen atoms in total. The Morgan fingerprint density at radius 1 is 1.23 bits per heavy atom. The topological polar surface area (TPSA) is 81.7 Å². The number of fused-ring (bicyclic) bond motifs is 1. The lowest BCUT2D eigenvalue weighted by Crippen LogP contribution is -2.38. The second kappa shape index (κ2) is 7.58. The first-order valence-corrected chi connectivity index (χ1v) is 8.43. The van der Waals surface area contributed by atoms with Crippen LogP contribution in [0.1, 0.15) is 33.2 Å². The Hall–Kier alpha value is -2.86. The van der Waals surface area contributed by atoms with Crippen molar-refractivity contribution in [3.63, 3.8) is 0 Å². The van der Waals surface area contributed by atoms with Crippen LogP contribution in [0, 0.1) is 0 Å². The van der Waals surface area contributed by atoms with Crippen LogP contribution in [-0.4, -0.2) is 30.6 Å².